The van der Waals surface area contributed by atoms with Crippen LogP contribution in [-0.2, 0) is 0 Å². The highest BCUT2D eigenvalue weighted by Gasteiger charge is 2.17. The van der Waals surface area contributed by atoms with Crippen molar-refractivity contribution in [2.45, 2.75) is 6.92 Å². The number of fused-ring (bicyclic) bond motifs is 1. The predicted octanol–water partition coefficient (Wildman–Crippen LogP) is 5.03. The number of hydrogen-bond acceptors (Lipinski definition) is 3. The van der Waals surface area contributed by atoms with Crippen LogP contribution in [0, 0.1) is 12.7 Å². The summed E-state index contributed by atoms with van der Waals surface area (Å²) in [4.78, 5) is 1.10. The van der Waals surface area contributed by atoms with E-state index in [2.05, 4.69) is 6.92 Å². The van der Waals surface area contributed by atoms with Gasteiger partial charge in [0, 0.05) is 10.3 Å². The lowest BCUT2D eigenvalue weighted by Crippen LogP contribution is -1.87. The molecule has 4 heteroatoms. The van der Waals surface area contributed by atoms with E-state index >= 15 is 0 Å². The van der Waals surface area contributed by atoms with Crippen LogP contribution in [0.2, 0.25) is 0 Å². The van der Waals surface area contributed by atoms with E-state index in [1.54, 1.807) is 37.7 Å². The summed E-state index contributed by atoms with van der Waals surface area (Å²) in [6.45, 7) is 2.06. The Hall–Kier alpha value is -2.07. The number of benzene rings is 2. The maximum Gasteiger partial charge on any atom is 0.136 e. The van der Waals surface area contributed by atoms with Crippen LogP contribution in [0.3, 0.4) is 0 Å². The van der Waals surface area contributed by atoms with E-state index in [9.17, 15) is 4.39 Å². The number of aryl methyl sites for hydroxylation is 1. The molecule has 2 aromatic carbocycles. The van der Waals surface area contributed by atoms with Gasteiger partial charge in [0.1, 0.15) is 17.3 Å². The van der Waals surface area contributed by atoms with Gasteiger partial charge in [-0.15, -0.1) is 11.3 Å². The van der Waals surface area contributed by atoms with Crippen molar-refractivity contribution in [3.8, 4) is 21.9 Å². The second-order valence-electron chi connectivity index (χ2n) is 4.74. The van der Waals surface area contributed by atoms with E-state index in [1.165, 1.54) is 12.1 Å². The summed E-state index contributed by atoms with van der Waals surface area (Å²) in [6, 6.07) is 10.4. The highest BCUT2D eigenvalue weighted by Crippen LogP contribution is 2.46. The van der Waals surface area contributed by atoms with Gasteiger partial charge in [0.2, 0.25) is 0 Å². The van der Waals surface area contributed by atoms with Crippen molar-refractivity contribution in [2.75, 3.05) is 14.2 Å². The van der Waals surface area contributed by atoms with Crippen LogP contribution in [0.4, 0.5) is 4.39 Å². The number of rotatable bonds is 3. The lowest BCUT2D eigenvalue weighted by molar-refractivity contribution is 0.411. The minimum atomic E-state index is -0.229. The molecule has 3 aromatic rings. The van der Waals surface area contributed by atoms with Crippen molar-refractivity contribution >= 4 is 21.4 Å². The normalized spacial score (nSPS) is 10.9. The van der Waals surface area contributed by atoms with Crippen molar-refractivity contribution in [3.05, 3.63) is 47.8 Å². The highest BCUT2D eigenvalue weighted by atomic mass is 32.1. The molecule has 0 unspecified atom stereocenters. The topological polar surface area (TPSA) is 18.5 Å². The summed E-state index contributed by atoms with van der Waals surface area (Å²) in [5.74, 6) is 1.42. The van der Waals surface area contributed by atoms with Gasteiger partial charge in [-0.05, 0) is 42.3 Å². The molecule has 0 saturated heterocycles. The average Bonchev–Trinajstić information content (AvgIpc) is 2.85. The molecular formula is C17H15FO2S. The molecule has 0 aliphatic rings. The summed E-state index contributed by atoms with van der Waals surface area (Å²) < 4.78 is 25.1. The number of thiophene rings is 1. The predicted molar refractivity (Wildman–Crippen MR) is 85.1 cm³/mol. The van der Waals surface area contributed by atoms with E-state index in [-0.39, 0.29) is 5.82 Å². The fourth-order valence-electron chi connectivity index (χ4n) is 2.50. The largest absolute Gasteiger partial charge is 0.496 e. The molecule has 1 heterocycles. The molecule has 2 nitrogen and oxygen atoms in total. The lowest BCUT2D eigenvalue weighted by atomic mass is 10.1. The van der Waals surface area contributed by atoms with Crippen molar-refractivity contribution in [2.24, 2.45) is 0 Å². The van der Waals surface area contributed by atoms with Crippen LogP contribution in [0.5, 0.6) is 11.5 Å². The molecule has 108 valence electrons. The molecule has 0 N–H and O–H groups in total. The summed E-state index contributed by atoms with van der Waals surface area (Å²) in [5, 5.41) is 1.06. The Bertz CT molecular complexity index is 791. The molecule has 0 saturated carbocycles. The molecule has 0 spiro atoms. The third kappa shape index (κ3) is 2.25. The van der Waals surface area contributed by atoms with Gasteiger partial charge in [0.25, 0.3) is 0 Å². The number of hydrogen-bond donors (Lipinski definition) is 0. The molecule has 0 atom stereocenters. The van der Waals surface area contributed by atoms with Gasteiger partial charge in [-0.2, -0.15) is 0 Å². The first-order valence-electron chi connectivity index (χ1n) is 6.55. The van der Waals surface area contributed by atoms with Crippen molar-refractivity contribution in [1.29, 1.82) is 0 Å². The summed E-state index contributed by atoms with van der Waals surface area (Å²) in [5.41, 5.74) is 2.12. The monoisotopic (exact) mass is 302 g/mol. The summed E-state index contributed by atoms with van der Waals surface area (Å²) in [7, 11) is 3.32. The van der Waals surface area contributed by atoms with Gasteiger partial charge in [-0.3, -0.25) is 0 Å². The van der Waals surface area contributed by atoms with Crippen LogP contribution >= 0.6 is 11.3 Å². The molecule has 0 amide bonds. The van der Waals surface area contributed by atoms with Crippen LogP contribution < -0.4 is 9.47 Å². The molecule has 0 aliphatic heterocycles. The minimum Gasteiger partial charge on any atom is -0.496 e. The smallest absolute Gasteiger partial charge is 0.136 e. The van der Waals surface area contributed by atoms with Gasteiger partial charge in [-0.25, -0.2) is 4.39 Å². The molecule has 0 fully saturated rings. The van der Waals surface area contributed by atoms with Gasteiger partial charge in [-0.1, -0.05) is 12.1 Å². The minimum absolute atomic E-state index is 0.229. The molecule has 0 bridgehead atoms. The number of ether oxygens (including phenoxy) is 2. The summed E-state index contributed by atoms with van der Waals surface area (Å²) >= 11 is 1.64. The fourth-order valence-corrected chi connectivity index (χ4v) is 3.82. The van der Waals surface area contributed by atoms with E-state index in [1.807, 2.05) is 12.1 Å². The van der Waals surface area contributed by atoms with Crippen molar-refractivity contribution < 1.29 is 13.9 Å². The third-order valence-corrected chi connectivity index (χ3v) is 4.90. The number of halogens is 1. The van der Waals surface area contributed by atoms with Crippen LogP contribution in [0.25, 0.3) is 20.5 Å². The molecular weight excluding hydrogens is 287 g/mol. The zero-order chi connectivity index (χ0) is 15.0. The molecule has 3 rings (SSSR count). The zero-order valence-electron chi connectivity index (χ0n) is 12.1. The van der Waals surface area contributed by atoms with Gasteiger partial charge in [0.15, 0.2) is 0 Å². The second-order valence-corrected chi connectivity index (χ2v) is 5.76. The first-order chi connectivity index (χ1) is 10.2. The summed E-state index contributed by atoms with van der Waals surface area (Å²) in [6.07, 6.45) is 0. The first-order valence-corrected chi connectivity index (χ1v) is 7.37. The Kier molecular flexibility index (Phi) is 3.55. The Balaban J connectivity index is 2.30. The average molecular weight is 302 g/mol. The molecule has 0 radical (unpaired) electrons. The molecule has 1 aromatic heterocycles. The quantitative estimate of drug-likeness (QED) is 0.675. The SMILES string of the molecule is COc1ccc(OC)c2c(C)c(-c3ccc(F)cc3)sc12. The van der Waals surface area contributed by atoms with Gasteiger partial charge < -0.3 is 9.47 Å². The Morgan fingerprint density at radius 3 is 2.14 bits per heavy atom. The van der Waals surface area contributed by atoms with Crippen molar-refractivity contribution in [1.82, 2.24) is 0 Å². The molecule has 21 heavy (non-hydrogen) atoms. The van der Waals surface area contributed by atoms with E-state index in [4.69, 9.17) is 9.47 Å². The van der Waals surface area contributed by atoms with Crippen LogP contribution in [0.1, 0.15) is 5.56 Å². The highest BCUT2D eigenvalue weighted by molar-refractivity contribution is 7.23. The fraction of sp³-hybridized carbons (Fsp3) is 0.176. The Labute approximate surface area is 126 Å². The zero-order valence-corrected chi connectivity index (χ0v) is 12.9. The Morgan fingerprint density at radius 2 is 1.52 bits per heavy atom. The van der Waals surface area contributed by atoms with E-state index in [0.29, 0.717) is 0 Å². The maximum atomic E-state index is 13.1. The Morgan fingerprint density at radius 1 is 0.905 bits per heavy atom. The van der Waals surface area contributed by atoms with E-state index < -0.39 is 0 Å². The van der Waals surface area contributed by atoms with Crippen LogP contribution in [-0.4, -0.2) is 14.2 Å². The van der Waals surface area contributed by atoms with Gasteiger partial charge in [0.05, 0.1) is 18.9 Å². The maximum absolute atomic E-state index is 13.1. The standard InChI is InChI=1S/C17H15FO2S/c1-10-15-13(19-2)8-9-14(20-3)17(15)21-16(10)11-4-6-12(18)7-5-11/h4-9H,1-3H3. The van der Waals surface area contributed by atoms with Crippen molar-refractivity contribution in [3.63, 3.8) is 0 Å². The molecule has 0 aliphatic carbocycles. The third-order valence-electron chi connectivity index (χ3n) is 3.55. The number of methoxy groups -OCH3 is 2. The van der Waals surface area contributed by atoms with Crippen LogP contribution in [0.15, 0.2) is 36.4 Å². The van der Waals surface area contributed by atoms with Gasteiger partial charge >= 0.3 is 0 Å². The second kappa shape index (κ2) is 5.37. The first kappa shape index (κ1) is 13.9. The van der Waals surface area contributed by atoms with E-state index in [0.717, 1.165) is 37.6 Å². The lowest BCUT2D eigenvalue weighted by Gasteiger charge is -2.06.